The molecular weight excluding hydrogens is 160 g/mol. The van der Waals surface area contributed by atoms with E-state index >= 15 is 0 Å². The van der Waals surface area contributed by atoms with Gasteiger partial charge in [-0.15, -0.1) is 0 Å². The summed E-state index contributed by atoms with van der Waals surface area (Å²) in [5.41, 5.74) is 2.34. The number of aryl methyl sites for hydroxylation is 1. The normalized spacial score (nSPS) is 12.9. The first kappa shape index (κ1) is 9.97. The zero-order chi connectivity index (χ0) is 9.84. The highest BCUT2D eigenvalue weighted by Crippen LogP contribution is 2.22. The van der Waals surface area contributed by atoms with Crippen LogP contribution in [0.15, 0.2) is 24.3 Å². The molecule has 0 aromatic heterocycles. The van der Waals surface area contributed by atoms with Crippen LogP contribution in [0, 0.1) is 12.8 Å². The molecular formula is C12H16O. The van der Waals surface area contributed by atoms with Crippen molar-refractivity contribution < 1.29 is 4.79 Å². The van der Waals surface area contributed by atoms with Crippen LogP contribution in [0.1, 0.15) is 30.9 Å². The molecule has 0 saturated carbocycles. The fourth-order valence-corrected chi connectivity index (χ4v) is 1.50. The molecule has 1 aromatic rings. The van der Waals surface area contributed by atoms with Crippen LogP contribution < -0.4 is 0 Å². The van der Waals surface area contributed by atoms with Crippen molar-refractivity contribution in [1.82, 2.24) is 0 Å². The number of hydrogen-bond donors (Lipinski definition) is 0. The van der Waals surface area contributed by atoms with Crippen molar-refractivity contribution in [3.63, 3.8) is 0 Å². The van der Waals surface area contributed by atoms with Crippen LogP contribution in [-0.4, -0.2) is 6.29 Å². The predicted molar refractivity (Wildman–Crippen MR) is 54.8 cm³/mol. The van der Waals surface area contributed by atoms with Gasteiger partial charge < -0.3 is 4.79 Å². The van der Waals surface area contributed by atoms with Crippen LogP contribution in [0.2, 0.25) is 0 Å². The lowest BCUT2D eigenvalue weighted by molar-refractivity contribution is -0.109. The van der Waals surface area contributed by atoms with Crippen molar-refractivity contribution in [2.45, 2.75) is 26.7 Å². The molecule has 0 bridgehead atoms. The van der Waals surface area contributed by atoms with Crippen LogP contribution in [-0.2, 0) is 4.79 Å². The van der Waals surface area contributed by atoms with E-state index < -0.39 is 0 Å². The zero-order valence-corrected chi connectivity index (χ0v) is 8.45. The largest absolute Gasteiger partial charge is 0.303 e. The molecule has 1 aromatic carbocycles. The Morgan fingerprint density at radius 1 is 1.31 bits per heavy atom. The Labute approximate surface area is 79.8 Å². The number of rotatable bonds is 3. The Morgan fingerprint density at radius 2 is 2.00 bits per heavy atom. The monoisotopic (exact) mass is 176 g/mol. The van der Waals surface area contributed by atoms with E-state index in [0.717, 1.165) is 11.8 Å². The standard InChI is InChI=1S/C12H16O/c1-9(2)12(8-13)11-6-4-5-10(3)7-11/h4-9,12H,1-3H3/t12-/m1/s1. The van der Waals surface area contributed by atoms with E-state index in [1.165, 1.54) is 5.56 Å². The lowest BCUT2D eigenvalue weighted by Gasteiger charge is -2.14. The number of hydrogen-bond acceptors (Lipinski definition) is 1. The third kappa shape index (κ3) is 2.41. The highest BCUT2D eigenvalue weighted by molar-refractivity contribution is 5.62. The van der Waals surface area contributed by atoms with Crippen LogP contribution in [0.5, 0.6) is 0 Å². The molecule has 0 aliphatic carbocycles. The Hall–Kier alpha value is -1.11. The summed E-state index contributed by atoms with van der Waals surface area (Å²) in [6.45, 7) is 6.19. The second-order valence-corrected chi connectivity index (χ2v) is 3.82. The smallest absolute Gasteiger partial charge is 0.127 e. The third-order valence-electron chi connectivity index (χ3n) is 2.29. The molecule has 70 valence electrons. The molecule has 0 spiro atoms. The lowest BCUT2D eigenvalue weighted by atomic mass is 9.89. The summed E-state index contributed by atoms with van der Waals surface area (Å²) >= 11 is 0. The van der Waals surface area contributed by atoms with Gasteiger partial charge in [0.25, 0.3) is 0 Å². The molecule has 0 N–H and O–H groups in total. The van der Waals surface area contributed by atoms with Gasteiger partial charge >= 0.3 is 0 Å². The summed E-state index contributed by atoms with van der Waals surface area (Å²) in [7, 11) is 0. The molecule has 0 saturated heterocycles. The topological polar surface area (TPSA) is 17.1 Å². The second-order valence-electron chi connectivity index (χ2n) is 3.82. The number of carbonyl (C=O) groups excluding carboxylic acids is 1. The van der Waals surface area contributed by atoms with E-state index in [1.807, 2.05) is 25.1 Å². The van der Waals surface area contributed by atoms with Crippen molar-refractivity contribution in [2.75, 3.05) is 0 Å². The van der Waals surface area contributed by atoms with E-state index in [4.69, 9.17) is 0 Å². The maximum absolute atomic E-state index is 10.9. The van der Waals surface area contributed by atoms with E-state index in [2.05, 4.69) is 19.9 Å². The third-order valence-corrected chi connectivity index (χ3v) is 2.29. The molecule has 0 aliphatic rings. The maximum atomic E-state index is 10.9. The van der Waals surface area contributed by atoms with Crippen LogP contribution in [0.4, 0.5) is 0 Å². The first-order chi connectivity index (χ1) is 6.15. The minimum atomic E-state index is 0.0416. The van der Waals surface area contributed by atoms with Gasteiger partial charge in [0.15, 0.2) is 0 Å². The number of carbonyl (C=O) groups is 1. The maximum Gasteiger partial charge on any atom is 0.127 e. The summed E-state index contributed by atoms with van der Waals surface area (Å²) in [6.07, 6.45) is 1.04. The van der Waals surface area contributed by atoms with Crippen LogP contribution in [0.25, 0.3) is 0 Å². The molecule has 0 unspecified atom stereocenters. The minimum Gasteiger partial charge on any atom is -0.303 e. The van der Waals surface area contributed by atoms with Gasteiger partial charge in [-0.3, -0.25) is 0 Å². The average molecular weight is 176 g/mol. The number of aldehydes is 1. The average Bonchev–Trinajstić information content (AvgIpc) is 2.04. The van der Waals surface area contributed by atoms with Gasteiger partial charge in [-0.1, -0.05) is 43.7 Å². The lowest BCUT2D eigenvalue weighted by Crippen LogP contribution is -2.07. The molecule has 0 amide bonds. The van der Waals surface area contributed by atoms with Gasteiger partial charge in [0.05, 0.1) is 0 Å². The molecule has 1 rings (SSSR count). The summed E-state index contributed by atoms with van der Waals surface area (Å²) in [6, 6.07) is 8.15. The minimum absolute atomic E-state index is 0.0416. The van der Waals surface area contributed by atoms with Gasteiger partial charge in [-0.25, -0.2) is 0 Å². The Kier molecular flexibility index (Phi) is 3.24. The summed E-state index contributed by atoms with van der Waals surface area (Å²) < 4.78 is 0. The second kappa shape index (κ2) is 4.22. The highest BCUT2D eigenvalue weighted by atomic mass is 16.1. The summed E-state index contributed by atoms with van der Waals surface area (Å²) in [5.74, 6) is 0.416. The van der Waals surface area contributed by atoms with Gasteiger partial charge in [-0.05, 0) is 18.4 Å². The molecule has 1 nitrogen and oxygen atoms in total. The van der Waals surface area contributed by atoms with Crippen LogP contribution >= 0.6 is 0 Å². The first-order valence-electron chi connectivity index (χ1n) is 4.67. The van der Waals surface area contributed by atoms with Crippen LogP contribution in [0.3, 0.4) is 0 Å². The summed E-state index contributed by atoms with van der Waals surface area (Å²) in [5, 5.41) is 0. The Balaban J connectivity index is 2.98. The quantitative estimate of drug-likeness (QED) is 0.647. The molecule has 0 radical (unpaired) electrons. The van der Waals surface area contributed by atoms with Gasteiger partial charge in [-0.2, -0.15) is 0 Å². The SMILES string of the molecule is Cc1cccc([C@H](C=O)C(C)C)c1. The fraction of sp³-hybridized carbons (Fsp3) is 0.417. The Bertz CT molecular complexity index is 289. The molecule has 0 heterocycles. The van der Waals surface area contributed by atoms with E-state index in [1.54, 1.807) is 0 Å². The first-order valence-corrected chi connectivity index (χ1v) is 4.67. The molecule has 1 atom stereocenters. The van der Waals surface area contributed by atoms with Gasteiger partial charge in [0.1, 0.15) is 6.29 Å². The fourth-order valence-electron chi connectivity index (χ4n) is 1.50. The Morgan fingerprint density at radius 3 is 2.46 bits per heavy atom. The van der Waals surface area contributed by atoms with Gasteiger partial charge in [0.2, 0.25) is 0 Å². The van der Waals surface area contributed by atoms with E-state index in [-0.39, 0.29) is 5.92 Å². The van der Waals surface area contributed by atoms with Crippen molar-refractivity contribution in [3.8, 4) is 0 Å². The van der Waals surface area contributed by atoms with Crippen molar-refractivity contribution in [3.05, 3.63) is 35.4 Å². The van der Waals surface area contributed by atoms with E-state index in [9.17, 15) is 4.79 Å². The van der Waals surface area contributed by atoms with Crippen molar-refractivity contribution >= 4 is 6.29 Å². The zero-order valence-electron chi connectivity index (χ0n) is 8.45. The summed E-state index contributed by atoms with van der Waals surface area (Å²) in [4.78, 5) is 10.9. The molecule has 0 aliphatic heterocycles. The van der Waals surface area contributed by atoms with Gasteiger partial charge in [0, 0.05) is 5.92 Å². The molecule has 1 heteroatoms. The molecule has 13 heavy (non-hydrogen) atoms. The van der Waals surface area contributed by atoms with E-state index in [0.29, 0.717) is 5.92 Å². The molecule has 0 fully saturated rings. The predicted octanol–water partition coefficient (Wildman–Crippen LogP) is 2.93. The number of benzene rings is 1. The van der Waals surface area contributed by atoms with Crippen molar-refractivity contribution in [2.24, 2.45) is 5.92 Å². The highest BCUT2D eigenvalue weighted by Gasteiger charge is 2.13. The van der Waals surface area contributed by atoms with Crippen molar-refractivity contribution in [1.29, 1.82) is 0 Å².